The maximum absolute atomic E-state index is 10.5. The molecule has 4 N–H and O–H groups in total. The smallest absolute Gasteiger partial charge is 0.307 e. The first-order chi connectivity index (χ1) is 5.45. The number of rotatable bonds is 5. The van der Waals surface area contributed by atoms with Crippen molar-refractivity contribution in [2.75, 3.05) is 6.54 Å². The molecule has 5 nitrogen and oxygen atoms in total. The summed E-state index contributed by atoms with van der Waals surface area (Å²) in [5, 5.41) is 11.2. The van der Waals surface area contributed by atoms with Gasteiger partial charge in [-0.2, -0.15) is 0 Å². The molecule has 0 aliphatic rings. The second-order valence-corrected chi connectivity index (χ2v) is 2.77. The Morgan fingerprint density at radius 3 is 2.33 bits per heavy atom. The van der Waals surface area contributed by atoms with E-state index in [0.717, 1.165) is 0 Å². The summed E-state index contributed by atoms with van der Waals surface area (Å²) in [5.74, 6) is -1.88. The molecule has 70 valence electrons. The Labute approximate surface area is 70.9 Å². The molecule has 0 saturated heterocycles. The predicted molar refractivity (Wildman–Crippen MR) is 43.5 cm³/mol. The van der Waals surface area contributed by atoms with Gasteiger partial charge in [0, 0.05) is 6.54 Å². The second-order valence-electron chi connectivity index (χ2n) is 2.77. The fraction of sp³-hybridized carbons (Fsp3) is 0.714. The van der Waals surface area contributed by atoms with Crippen LogP contribution in [0.4, 0.5) is 0 Å². The number of hydrogen-bond acceptors (Lipinski definition) is 3. The van der Waals surface area contributed by atoms with Gasteiger partial charge in [0.15, 0.2) is 0 Å². The standard InChI is InChI=1S/C7H14N2O3/c1-4(7(11)12)3-9-5(2)6(8)10/h4-5,9H,3H2,1-2H3,(H2,8,10)(H,11,12). The Morgan fingerprint density at radius 2 is 2.00 bits per heavy atom. The molecule has 0 aromatic carbocycles. The van der Waals surface area contributed by atoms with Gasteiger partial charge < -0.3 is 16.2 Å². The average molecular weight is 174 g/mol. The van der Waals surface area contributed by atoms with Crippen LogP contribution in [0.2, 0.25) is 0 Å². The van der Waals surface area contributed by atoms with Crippen LogP contribution >= 0.6 is 0 Å². The van der Waals surface area contributed by atoms with Crippen LogP contribution in [0.5, 0.6) is 0 Å². The monoisotopic (exact) mass is 174 g/mol. The largest absolute Gasteiger partial charge is 0.481 e. The SMILES string of the molecule is CC(CNC(C)C(N)=O)C(=O)O. The number of hydrogen-bond donors (Lipinski definition) is 3. The van der Waals surface area contributed by atoms with Gasteiger partial charge in [0.25, 0.3) is 0 Å². The lowest BCUT2D eigenvalue weighted by molar-refractivity contribution is -0.141. The fourth-order valence-electron chi connectivity index (χ4n) is 0.541. The molecule has 0 aliphatic carbocycles. The number of amides is 1. The highest BCUT2D eigenvalue weighted by molar-refractivity contribution is 5.79. The highest BCUT2D eigenvalue weighted by Crippen LogP contribution is 1.92. The first kappa shape index (κ1) is 10.9. The summed E-state index contributed by atoms with van der Waals surface area (Å²) in [6.07, 6.45) is 0. The van der Waals surface area contributed by atoms with Crippen molar-refractivity contribution in [3.05, 3.63) is 0 Å². The van der Waals surface area contributed by atoms with Gasteiger partial charge in [-0.3, -0.25) is 9.59 Å². The van der Waals surface area contributed by atoms with Crippen molar-refractivity contribution in [1.82, 2.24) is 5.32 Å². The van der Waals surface area contributed by atoms with Crippen molar-refractivity contribution in [3.8, 4) is 0 Å². The molecule has 0 saturated carbocycles. The Kier molecular flexibility index (Phi) is 4.28. The number of carbonyl (C=O) groups excluding carboxylic acids is 1. The van der Waals surface area contributed by atoms with Gasteiger partial charge >= 0.3 is 5.97 Å². The number of aliphatic carboxylic acids is 1. The summed E-state index contributed by atoms with van der Waals surface area (Å²) in [6, 6.07) is -0.480. The van der Waals surface area contributed by atoms with Gasteiger partial charge in [-0.05, 0) is 6.92 Å². The zero-order chi connectivity index (χ0) is 9.72. The molecule has 12 heavy (non-hydrogen) atoms. The van der Waals surface area contributed by atoms with E-state index in [-0.39, 0.29) is 6.54 Å². The molecule has 2 unspecified atom stereocenters. The molecule has 0 radical (unpaired) electrons. The number of nitrogens with one attached hydrogen (secondary N) is 1. The van der Waals surface area contributed by atoms with E-state index in [2.05, 4.69) is 5.32 Å². The summed E-state index contributed by atoms with van der Waals surface area (Å²) in [5.41, 5.74) is 4.95. The highest BCUT2D eigenvalue weighted by atomic mass is 16.4. The van der Waals surface area contributed by atoms with E-state index in [1.807, 2.05) is 0 Å². The number of carboxylic acid groups (broad SMARTS) is 1. The van der Waals surface area contributed by atoms with Crippen LogP contribution in [0.3, 0.4) is 0 Å². The van der Waals surface area contributed by atoms with Crippen LogP contribution in [0.1, 0.15) is 13.8 Å². The van der Waals surface area contributed by atoms with Crippen molar-refractivity contribution in [2.24, 2.45) is 11.7 Å². The van der Waals surface area contributed by atoms with Gasteiger partial charge in [-0.1, -0.05) is 6.92 Å². The number of primary amides is 1. The number of nitrogens with two attached hydrogens (primary N) is 1. The molecule has 0 bridgehead atoms. The molecule has 0 spiro atoms. The van der Waals surface area contributed by atoms with E-state index >= 15 is 0 Å². The third-order valence-electron chi connectivity index (χ3n) is 1.58. The van der Waals surface area contributed by atoms with Gasteiger partial charge in [0.1, 0.15) is 0 Å². The summed E-state index contributed by atoms with van der Waals surface area (Å²) in [7, 11) is 0. The first-order valence-electron chi connectivity index (χ1n) is 3.70. The summed E-state index contributed by atoms with van der Waals surface area (Å²) in [4.78, 5) is 20.8. The molecule has 0 aliphatic heterocycles. The first-order valence-corrected chi connectivity index (χ1v) is 3.70. The van der Waals surface area contributed by atoms with Gasteiger partial charge in [-0.15, -0.1) is 0 Å². The van der Waals surface area contributed by atoms with Crippen molar-refractivity contribution >= 4 is 11.9 Å². The second kappa shape index (κ2) is 4.71. The van der Waals surface area contributed by atoms with Gasteiger partial charge in [0.05, 0.1) is 12.0 Å². The minimum absolute atomic E-state index is 0.249. The number of carbonyl (C=O) groups is 2. The number of carboxylic acids is 1. The Hall–Kier alpha value is -1.10. The lowest BCUT2D eigenvalue weighted by Gasteiger charge is -2.11. The molecular weight excluding hydrogens is 160 g/mol. The van der Waals surface area contributed by atoms with Crippen LogP contribution in [-0.2, 0) is 9.59 Å². The minimum atomic E-state index is -0.890. The van der Waals surface area contributed by atoms with Crippen LogP contribution in [0.15, 0.2) is 0 Å². The van der Waals surface area contributed by atoms with E-state index in [9.17, 15) is 9.59 Å². The quantitative estimate of drug-likeness (QED) is 0.507. The molecule has 0 fully saturated rings. The van der Waals surface area contributed by atoms with Gasteiger partial charge in [-0.25, -0.2) is 0 Å². The summed E-state index contributed by atoms with van der Waals surface area (Å²) in [6.45, 7) is 3.40. The van der Waals surface area contributed by atoms with Crippen molar-refractivity contribution in [3.63, 3.8) is 0 Å². The Balaban J connectivity index is 3.68. The van der Waals surface area contributed by atoms with Crippen molar-refractivity contribution in [2.45, 2.75) is 19.9 Å². The molecule has 1 amide bonds. The average Bonchev–Trinajstić information content (AvgIpc) is 1.98. The van der Waals surface area contributed by atoms with Crippen LogP contribution in [0.25, 0.3) is 0 Å². The topological polar surface area (TPSA) is 92.4 Å². The molecule has 0 heterocycles. The molecule has 0 aromatic heterocycles. The van der Waals surface area contributed by atoms with E-state index in [1.54, 1.807) is 13.8 Å². The lowest BCUT2D eigenvalue weighted by atomic mass is 10.2. The third kappa shape index (κ3) is 3.92. The van der Waals surface area contributed by atoms with E-state index in [1.165, 1.54) is 0 Å². The molecular formula is C7H14N2O3. The lowest BCUT2D eigenvalue weighted by Crippen LogP contribution is -2.41. The Morgan fingerprint density at radius 1 is 1.50 bits per heavy atom. The van der Waals surface area contributed by atoms with E-state index in [0.29, 0.717) is 0 Å². The Bertz CT molecular complexity index is 161. The minimum Gasteiger partial charge on any atom is -0.481 e. The molecule has 0 rings (SSSR count). The van der Waals surface area contributed by atoms with Crippen molar-refractivity contribution in [1.29, 1.82) is 0 Å². The van der Waals surface area contributed by atoms with Crippen molar-refractivity contribution < 1.29 is 14.7 Å². The van der Waals surface area contributed by atoms with Crippen LogP contribution in [-0.4, -0.2) is 29.6 Å². The van der Waals surface area contributed by atoms with Gasteiger partial charge in [0.2, 0.25) is 5.91 Å². The molecule has 5 heteroatoms. The summed E-state index contributed by atoms with van der Waals surface area (Å²) >= 11 is 0. The van der Waals surface area contributed by atoms with Crippen LogP contribution < -0.4 is 11.1 Å². The third-order valence-corrected chi connectivity index (χ3v) is 1.58. The normalized spacial score (nSPS) is 15.2. The maximum Gasteiger partial charge on any atom is 0.307 e. The zero-order valence-electron chi connectivity index (χ0n) is 7.20. The summed E-state index contributed by atoms with van der Waals surface area (Å²) < 4.78 is 0. The maximum atomic E-state index is 10.5. The van der Waals surface area contributed by atoms with Crippen LogP contribution in [0, 0.1) is 5.92 Å². The van der Waals surface area contributed by atoms with E-state index < -0.39 is 23.8 Å². The fourth-order valence-corrected chi connectivity index (χ4v) is 0.541. The van der Waals surface area contributed by atoms with E-state index in [4.69, 9.17) is 10.8 Å². The highest BCUT2D eigenvalue weighted by Gasteiger charge is 2.13. The molecule has 2 atom stereocenters. The predicted octanol–water partition coefficient (Wildman–Crippen LogP) is -0.829. The zero-order valence-corrected chi connectivity index (χ0v) is 7.20. The molecule has 0 aromatic rings.